The van der Waals surface area contributed by atoms with Gasteiger partial charge in [0.2, 0.25) is 5.91 Å². The summed E-state index contributed by atoms with van der Waals surface area (Å²) in [6.07, 6.45) is 3.90. The van der Waals surface area contributed by atoms with Crippen LogP contribution in [-0.2, 0) is 17.9 Å². The number of carbonyl (C=O) groups excluding carboxylic acids is 1. The zero-order chi connectivity index (χ0) is 13.9. The Hall–Kier alpha value is -1.95. The highest BCUT2D eigenvalue weighted by Crippen LogP contribution is 2.33. The lowest BCUT2D eigenvalue weighted by molar-refractivity contribution is -0.113. The van der Waals surface area contributed by atoms with Crippen LogP contribution < -0.4 is 10.6 Å². The fraction of sp³-hybridized carbons (Fsp3) is 0.286. The van der Waals surface area contributed by atoms with E-state index in [2.05, 4.69) is 22.7 Å². The van der Waals surface area contributed by atoms with Crippen LogP contribution in [0.5, 0.6) is 0 Å². The molecule has 0 aliphatic carbocycles. The maximum atomic E-state index is 11.4. The van der Waals surface area contributed by atoms with E-state index in [0.29, 0.717) is 5.75 Å². The number of rotatable bonds is 4. The lowest BCUT2D eigenvalue weighted by Gasteiger charge is -2.17. The van der Waals surface area contributed by atoms with Gasteiger partial charge in [0.05, 0.1) is 17.6 Å². The number of fused-ring (bicyclic) bond motifs is 1. The molecule has 1 amide bonds. The summed E-state index contributed by atoms with van der Waals surface area (Å²) in [6, 6.07) is 6.05. The minimum atomic E-state index is 0.0591. The van der Waals surface area contributed by atoms with Crippen molar-refractivity contribution in [1.29, 1.82) is 0 Å². The second-order valence-electron chi connectivity index (χ2n) is 4.61. The van der Waals surface area contributed by atoms with Gasteiger partial charge in [0.15, 0.2) is 0 Å². The van der Waals surface area contributed by atoms with E-state index >= 15 is 0 Å². The zero-order valence-electron chi connectivity index (χ0n) is 11.2. The van der Waals surface area contributed by atoms with Crippen molar-refractivity contribution in [2.24, 2.45) is 0 Å². The Balaban J connectivity index is 1.68. The van der Waals surface area contributed by atoms with Gasteiger partial charge in [-0.1, -0.05) is 0 Å². The maximum Gasteiger partial charge on any atom is 0.234 e. The third-order valence-electron chi connectivity index (χ3n) is 3.12. The SMILES string of the molecule is CCn1cc(CNc2ccc3c(c2)NC(=O)CS3)cn1. The normalized spacial score (nSPS) is 13.8. The number of nitrogens with zero attached hydrogens (tertiary/aromatic N) is 2. The van der Waals surface area contributed by atoms with Gasteiger partial charge in [0.25, 0.3) is 0 Å². The van der Waals surface area contributed by atoms with Crippen LogP contribution >= 0.6 is 11.8 Å². The first kappa shape index (κ1) is 13.1. The van der Waals surface area contributed by atoms with Crippen molar-refractivity contribution in [3.05, 3.63) is 36.2 Å². The summed E-state index contributed by atoms with van der Waals surface area (Å²) in [5, 5.41) is 10.5. The molecular formula is C14H16N4OS. The van der Waals surface area contributed by atoms with E-state index in [0.717, 1.165) is 34.9 Å². The van der Waals surface area contributed by atoms with E-state index < -0.39 is 0 Å². The number of thioether (sulfide) groups is 1. The molecule has 2 heterocycles. The van der Waals surface area contributed by atoms with Crippen molar-refractivity contribution in [1.82, 2.24) is 9.78 Å². The summed E-state index contributed by atoms with van der Waals surface area (Å²) < 4.78 is 1.90. The Morgan fingerprint density at radius 3 is 3.20 bits per heavy atom. The summed E-state index contributed by atoms with van der Waals surface area (Å²) in [7, 11) is 0. The molecule has 3 rings (SSSR count). The molecule has 5 nitrogen and oxygen atoms in total. The Kier molecular flexibility index (Phi) is 3.64. The average Bonchev–Trinajstić information content (AvgIpc) is 2.92. The third-order valence-corrected chi connectivity index (χ3v) is 4.19. The number of amides is 1. The van der Waals surface area contributed by atoms with E-state index in [9.17, 15) is 4.79 Å². The molecule has 0 saturated carbocycles. The summed E-state index contributed by atoms with van der Waals surface area (Å²) in [6.45, 7) is 3.66. The molecular weight excluding hydrogens is 272 g/mol. The van der Waals surface area contributed by atoms with Crippen molar-refractivity contribution in [2.75, 3.05) is 16.4 Å². The fourth-order valence-electron chi connectivity index (χ4n) is 2.07. The van der Waals surface area contributed by atoms with Crippen LogP contribution in [0.15, 0.2) is 35.5 Å². The number of nitrogens with one attached hydrogen (secondary N) is 2. The topological polar surface area (TPSA) is 59.0 Å². The van der Waals surface area contributed by atoms with Gasteiger partial charge in [-0.3, -0.25) is 9.48 Å². The van der Waals surface area contributed by atoms with Crippen LogP contribution in [0.3, 0.4) is 0 Å². The Bertz CT molecular complexity index is 638. The second-order valence-corrected chi connectivity index (χ2v) is 5.62. The lowest BCUT2D eigenvalue weighted by atomic mass is 10.2. The summed E-state index contributed by atoms with van der Waals surface area (Å²) in [5.74, 6) is 0.555. The van der Waals surface area contributed by atoms with Crippen molar-refractivity contribution in [3.63, 3.8) is 0 Å². The molecule has 104 valence electrons. The minimum absolute atomic E-state index is 0.0591. The highest BCUT2D eigenvalue weighted by atomic mass is 32.2. The first-order chi connectivity index (χ1) is 9.74. The molecule has 0 unspecified atom stereocenters. The quantitative estimate of drug-likeness (QED) is 0.908. The average molecular weight is 288 g/mol. The first-order valence-corrected chi connectivity index (χ1v) is 7.55. The molecule has 6 heteroatoms. The van der Waals surface area contributed by atoms with Crippen LogP contribution in [0.4, 0.5) is 11.4 Å². The number of aromatic nitrogens is 2. The molecule has 0 bridgehead atoms. The number of carbonyl (C=O) groups is 1. The van der Waals surface area contributed by atoms with Gasteiger partial charge in [0, 0.05) is 35.4 Å². The molecule has 1 aliphatic heterocycles. The van der Waals surface area contributed by atoms with Gasteiger partial charge in [0.1, 0.15) is 0 Å². The number of hydrogen-bond donors (Lipinski definition) is 2. The predicted octanol–water partition coefficient (Wildman–Crippen LogP) is 2.56. The zero-order valence-corrected chi connectivity index (χ0v) is 12.0. The smallest absolute Gasteiger partial charge is 0.234 e. The Labute approximate surface area is 121 Å². The minimum Gasteiger partial charge on any atom is -0.381 e. The van der Waals surface area contributed by atoms with Crippen LogP contribution in [0, 0.1) is 0 Å². The molecule has 1 aromatic carbocycles. The number of hydrogen-bond acceptors (Lipinski definition) is 4. The highest BCUT2D eigenvalue weighted by Gasteiger charge is 2.15. The number of benzene rings is 1. The van der Waals surface area contributed by atoms with E-state index in [1.165, 1.54) is 0 Å². The largest absolute Gasteiger partial charge is 0.381 e. The number of aryl methyl sites for hydroxylation is 1. The highest BCUT2D eigenvalue weighted by molar-refractivity contribution is 8.00. The van der Waals surface area contributed by atoms with Crippen molar-refractivity contribution >= 4 is 29.0 Å². The van der Waals surface area contributed by atoms with Crippen molar-refractivity contribution in [3.8, 4) is 0 Å². The number of anilines is 2. The third kappa shape index (κ3) is 2.80. The van der Waals surface area contributed by atoms with Crippen LogP contribution in [0.25, 0.3) is 0 Å². The Morgan fingerprint density at radius 1 is 1.50 bits per heavy atom. The monoisotopic (exact) mass is 288 g/mol. The van der Waals surface area contributed by atoms with Gasteiger partial charge < -0.3 is 10.6 Å². The summed E-state index contributed by atoms with van der Waals surface area (Å²) >= 11 is 1.57. The molecule has 2 N–H and O–H groups in total. The predicted molar refractivity (Wildman–Crippen MR) is 81.0 cm³/mol. The fourth-order valence-corrected chi connectivity index (χ4v) is 2.86. The van der Waals surface area contributed by atoms with Crippen LogP contribution in [0.1, 0.15) is 12.5 Å². The molecule has 0 saturated heterocycles. The molecule has 1 aliphatic rings. The molecule has 1 aromatic heterocycles. The maximum absolute atomic E-state index is 11.4. The van der Waals surface area contributed by atoms with Gasteiger partial charge in [-0.2, -0.15) is 5.10 Å². The van der Waals surface area contributed by atoms with Gasteiger partial charge in [-0.05, 0) is 25.1 Å². The van der Waals surface area contributed by atoms with Crippen molar-refractivity contribution < 1.29 is 4.79 Å². The molecule has 20 heavy (non-hydrogen) atoms. The standard InChI is InChI=1S/C14H16N4OS/c1-2-18-8-10(7-16-18)6-15-11-3-4-13-12(5-11)17-14(19)9-20-13/h3-5,7-8,15H,2,6,9H2,1H3,(H,17,19). The summed E-state index contributed by atoms with van der Waals surface area (Å²) in [4.78, 5) is 12.5. The molecule has 0 radical (unpaired) electrons. The van der Waals surface area contributed by atoms with Gasteiger partial charge >= 0.3 is 0 Å². The van der Waals surface area contributed by atoms with E-state index in [1.807, 2.05) is 35.3 Å². The van der Waals surface area contributed by atoms with E-state index in [1.54, 1.807) is 11.8 Å². The van der Waals surface area contributed by atoms with Gasteiger partial charge in [-0.25, -0.2) is 0 Å². The van der Waals surface area contributed by atoms with Crippen LogP contribution in [-0.4, -0.2) is 21.4 Å². The van der Waals surface area contributed by atoms with Crippen molar-refractivity contribution in [2.45, 2.75) is 24.9 Å². The van der Waals surface area contributed by atoms with Crippen LogP contribution in [0.2, 0.25) is 0 Å². The van der Waals surface area contributed by atoms with Gasteiger partial charge in [-0.15, -0.1) is 11.8 Å². The van der Waals surface area contributed by atoms with E-state index in [-0.39, 0.29) is 5.91 Å². The Morgan fingerprint density at radius 2 is 2.40 bits per heavy atom. The first-order valence-electron chi connectivity index (χ1n) is 6.56. The molecule has 0 fully saturated rings. The second kappa shape index (κ2) is 5.58. The molecule has 0 spiro atoms. The molecule has 2 aromatic rings. The van der Waals surface area contributed by atoms with E-state index in [4.69, 9.17) is 0 Å². The lowest BCUT2D eigenvalue weighted by Crippen LogP contribution is -2.18. The summed E-state index contributed by atoms with van der Waals surface area (Å²) in [5.41, 5.74) is 3.03. The molecule has 0 atom stereocenters.